The molecule has 4 N–H and O–H groups in total. The van der Waals surface area contributed by atoms with Crippen molar-refractivity contribution in [3.63, 3.8) is 0 Å². The molecule has 11 nitrogen and oxygen atoms in total. The van der Waals surface area contributed by atoms with Gasteiger partial charge in [0.15, 0.2) is 6.29 Å². The van der Waals surface area contributed by atoms with E-state index in [1.54, 1.807) is 12.1 Å². The number of benzene rings is 5. The van der Waals surface area contributed by atoms with Gasteiger partial charge in [-0.2, -0.15) is 0 Å². The van der Waals surface area contributed by atoms with E-state index in [0.717, 1.165) is 59.6 Å². The van der Waals surface area contributed by atoms with Gasteiger partial charge < -0.3 is 45.1 Å². The van der Waals surface area contributed by atoms with Gasteiger partial charge in [0.1, 0.15) is 17.0 Å². The zero-order valence-corrected chi connectivity index (χ0v) is 31.2. The molecule has 3 aliphatic heterocycles. The van der Waals surface area contributed by atoms with Crippen molar-refractivity contribution in [2.45, 2.75) is 56.5 Å². The average molecular weight is 754 g/mol. The molecule has 1 spiro atoms. The van der Waals surface area contributed by atoms with Crippen LogP contribution in [0, 0.1) is 0 Å². The van der Waals surface area contributed by atoms with Crippen molar-refractivity contribution in [2.75, 3.05) is 36.5 Å². The second-order valence-corrected chi connectivity index (χ2v) is 14.6. The summed E-state index contributed by atoms with van der Waals surface area (Å²) < 4.78 is 19.1. The number of hydrogen-bond acceptors (Lipinski definition) is 8. The lowest BCUT2D eigenvalue weighted by Crippen LogP contribution is -2.57. The average Bonchev–Trinajstić information content (AvgIpc) is 3.56. The molecular formula is C45H47N5O6. The van der Waals surface area contributed by atoms with Crippen LogP contribution in [-0.2, 0) is 27.4 Å². The highest BCUT2D eigenvalue weighted by Gasteiger charge is 2.50. The highest BCUT2D eigenvalue weighted by Crippen LogP contribution is 2.40. The first kappa shape index (κ1) is 37.2. The molecular weight excluding hydrogens is 707 g/mol. The molecule has 3 heterocycles. The standard InChI is InChI=1S/C45H47N5O6/c51-30-33-13-15-34(16-14-33)41-27-40(29-49-25-23-45(24-26-49)43(52)47-31-50(45)37-7-3-1-4-8-37)55-42(56-41)35-17-11-32(12-18-35)28-46-44(53)48-36-19-21-39(22-20-36)54-38-9-5-2-6-10-38/h1-22,40-42,51H,23-31H2,(H,47,52)(H2,46,48,53)/t40-,41+,42+/m0/s1. The molecule has 11 heteroatoms. The van der Waals surface area contributed by atoms with Crippen LogP contribution < -0.4 is 25.6 Å². The van der Waals surface area contributed by atoms with E-state index in [0.29, 0.717) is 37.6 Å². The van der Waals surface area contributed by atoms with Crippen molar-refractivity contribution in [3.05, 3.63) is 156 Å². The number of anilines is 2. The number of amides is 3. The summed E-state index contributed by atoms with van der Waals surface area (Å²) in [6, 6.07) is 42.4. The monoisotopic (exact) mass is 753 g/mol. The van der Waals surface area contributed by atoms with Crippen molar-refractivity contribution in [1.29, 1.82) is 0 Å². The van der Waals surface area contributed by atoms with E-state index in [2.05, 4.69) is 37.9 Å². The Morgan fingerprint density at radius 1 is 0.786 bits per heavy atom. The van der Waals surface area contributed by atoms with Crippen LogP contribution in [-0.4, -0.2) is 59.9 Å². The summed E-state index contributed by atoms with van der Waals surface area (Å²) in [5, 5.41) is 18.5. The molecule has 0 aromatic heterocycles. The zero-order chi connectivity index (χ0) is 38.3. The number of piperidine rings is 1. The van der Waals surface area contributed by atoms with Gasteiger partial charge >= 0.3 is 6.03 Å². The van der Waals surface area contributed by atoms with Crippen molar-refractivity contribution in [3.8, 4) is 11.5 Å². The van der Waals surface area contributed by atoms with Gasteiger partial charge in [0.2, 0.25) is 5.91 Å². The summed E-state index contributed by atoms with van der Waals surface area (Å²) in [5.41, 5.74) is 4.87. The first-order chi connectivity index (χ1) is 27.4. The van der Waals surface area contributed by atoms with Gasteiger partial charge in [-0.3, -0.25) is 4.79 Å². The number of nitrogens with zero attached hydrogens (tertiary/aromatic N) is 2. The Balaban J connectivity index is 0.885. The topological polar surface area (TPSA) is 125 Å². The molecule has 0 unspecified atom stereocenters. The van der Waals surface area contributed by atoms with E-state index < -0.39 is 11.8 Å². The molecule has 288 valence electrons. The minimum atomic E-state index is -0.597. The quantitative estimate of drug-likeness (QED) is 0.111. The summed E-state index contributed by atoms with van der Waals surface area (Å²) in [6.07, 6.45) is 1.22. The third-order valence-corrected chi connectivity index (χ3v) is 11.0. The minimum Gasteiger partial charge on any atom is -0.457 e. The Morgan fingerprint density at radius 3 is 2.12 bits per heavy atom. The molecule has 5 aromatic rings. The van der Waals surface area contributed by atoms with E-state index in [-0.39, 0.29) is 30.8 Å². The van der Waals surface area contributed by atoms with Gasteiger partial charge in [-0.1, -0.05) is 84.9 Å². The van der Waals surface area contributed by atoms with Gasteiger partial charge in [0, 0.05) is 49.5 Å². The normalized spacial score (nSPS) is 20.7. The Morgan fingerprint density at radius 2 is 1.43 bits per heavy atom. The van der Waals surface area contributed by atoms with E-state index >= 15 is 0 Å². The lowest BCUT2D eigenvalue weighted by atomic mass is 9.85. The Kier molecular flexibility index (Phi) is 11.3. The summed E-state index contributed by atoms with van der Waals surface area (Å²) >= 11 is 0. The molecule has 0 radical (unpaired) electrons. The molecule has 0 saturated carbocycles. The zero-order valence-electron chi connectivity index (χ0n) is 31.2. The van der Waals surface area contributed by atoms with E-state index in [1.807, 2.05) is 109 Å². The van der Waals surface area contributed by atoms with Crippen LogP contribution in [0.2, 0.25) is 0 Å². The number of hydrogen-bond donors (Lipinski definition) is 4. The van der Waals surface area contributed by atoms with E-state index in [1.165, 1.54) is 0 Å². The predicted molar refractivity (Wildman–Crippen MR) is 214 cm³/mol. The fraction of sp³-hybridized carbons (Fsp3) is 0.289. The van der Waals surface area contributed by atoms with Crippen molar-refractivity contribution >= 4 is 23.3 Å². The first-order valence-corrected chi connectivity index (χ1v) is 19.2. The number of carbonyl (C=O) groups is 2. The summed E-state index contributed by atoms with van der Waals surface area (Å²) in [6.45, 7) is 3.12. The van der Waals surface area contributed by atoms with Gasteiger partial charge in [-0.25, -0.2) is 4.79 Å². The Labute approximate surface area is 327 Å². The predicted octanol–water partition coefficient (Wildman–Crippen LogP) is 7.27. The highest BCUT2D eigenvalue weighted by molar-refractivity contribution is 5.93. The van der Waals surface area contributed by atoms with Crippen LogP contribution >= 0.6 is 0 Å². The molecule has 0 bridgehead atoms. The van der Waals surface area contributed by atoms with E-state index in [4.69, 9.17) is 14.2 Å². The molecule has 3 fully saturated rings. The van der Waals surface area contributed by atoms with Crippen molar-refractivity contribution < 1.29 is 28.9 Å². The van der Waals surface area contributed by atoms with Gasteiger partial charge in [-0.05, 0) is 78.1 Å². The maximum atomic E-state index is 13.3. The van der Waals surface area contributed by atoms with Gasteiger partial charge in [-0.15, -0.1) is 0 Å². The number of carbonyl (C=O) groups excluding carboxylic acids is 2. The third-order valence-electron chi connectivity index (χ3n) is 11.0. The van der Waals surface area contributed by atoms with Crippen molar-refractivity contribution in [1.82, 2.24) is 15.5 Å². The number of ether oxygens (including phenoxy) is 3. The molecule has 3 saturated heterocycles. The number of aliphatic hydroxyl groups excluding tert-OH is 1. The fourth-order valence-electron chi connectivity index (χ4n) is 7.84. The SMILES string of the molecule is O=C(NCc1ccc([C@@H]2O[C@H](CN3CCC4(CC3)C(=O)NCN4c3ccccc3)C[C@H](c3ccc(CO)cc3)O2)cc1)Nc1ccc(Oc2ccccc2)cc1. The first-order valence-electron chi connectivity index (χ1n) is 19.2. The van der Waals surface area contributed by atoms with Crippen LogP contribution in [0.15, 0.2) is 133 Å². The molecule has 0 aliphatic carbocycles. The number of aliphatic hydroxyl groups is 1. The second-order valence-electron chi connectivity index (χ2n) is 14.6. The summed E-state index contributed by atoms with van der Waals surface area (Å²) in [5.74, 6) is 1.53. The largest absolute Gasteiger partial charge is 0.457 e. The summed E-state index contributed by atoms with van der Waals surface area (Å²) in [7, 11) is 0. The van der Waals surface area contributed by atoms with E-state index in [9.17, 15) is 14.7 Å². The Hall–Kier alpha value is -5.72. The maximum Gasteiger partial charge on any atom is 0.319 e. The van der Waals surface area contributed by atoms with Crippen LogP contribution in [0.1, 0.15) is 53.9 Å². The number of rotatable bonds is 11. The summed E-state index contributed by atoms with van der Waals surface area (Å²) in [4.78, 5) is 30.6. The molecule has 5 aromatic carbocycles. The maximum absolute atomic E-state index is 13.3. The molecule has 56 heavy (non-hydrogen) atoms. The molecule has 3 aliphatic rings. The smallest absolute Gasteiger partial charge is 0.319 e. The number of likely N-dealkylation sites (tertiary alicyclic amines) is 1. The number of para-hydroxylation sites is 2. The lowest BCUT2D eigenvalue weighted by molar-refractivity contribution is -0.253. The Bertz CT molecular complexity index is 2060. The fourth-order valence-corrected chi connectivity index (χ4v) is 7.84. The molecule has 3 amide bonds. The van der Waals surface area contributed by atoms with Crippen LogP contribution in [0.5, 0.6) is 11.5 Å². The minimum absolute atomic E-state index is 0.0169. The highest BCUT2D eigenvalue weighted by atomic mass is 16.7. The lowest BCUT2D eigenvalue weighted by Gasteiger charge is -2.45. The van der Waals surface area contributed by atoms with Crippen LogP contribution in [0.3, 0.4) is 0 Å². The number of nitrogens with one attached hydrogen (secondary N) is 3. The van der Waals surface area contributed by atoms with Gasteiger partial charge in [0.25, 0.3) is 0 Å². The van der Waals surface area contributed by atoms with Crippen LogP contribution in [0.4, 0.5) is 16.2 Å². The van der Waals surface area contributed by atoms with Crippen molar-refractivity contribution in [2.24, 2.45) is 0 Å². The molecule has 8 rings (SSSR count). The molecule has 3 atom stereocenters. The van der Waals surface area contributed by atoms with Crippen LogP contribution in [0.25, 0.3) is 0 Å². The third kappa shape index (κ3) is 8.56. The second kappa shape index (κ2) is 17.0. The number of urea groups is 1. The van der Waals surface area contributed by atoms with Gasteiger partial charge in [0.05, 0.1) is 25.5 Å².